The van der Waals surface area contributed by atoms with Gasteiger partial charge in [-0.1, -0.05) is 13.0 Å². The van der Waals surface area contributed by atoms with Crippen LogP contribution in [-0.4, -0.2) is 53.2 Å². The summed E-state index contributed by atoms with van der Waals surface area (Å²) in [4.78, 5) is 29.3. The van der Waals surface area contributed by atoms with Crippen molar-refractivity contribution in [2.45, 2.75) is 33.6 Å². The van der Waals surface area contributed by atoms with E-state index in [1.165, 1.54) is 0 Å². The first-order chi connectivity index (χ1) is 10.9. The summed E-state index contributed by atoms with van der Waals surface area (Å²) < 4.78 is 5.28. The van der Waals surface area contributed by atoms with Gasteiger partial charge in [-0.25, -0.2) is 0 Å². The molecule has 0 spiro atoms. The SMILES string of the molecule is CCOCCCN(CC(C)C(=O)O)C(=O)Cc1ccc(C)nc1. The van der Waals surface area contributed by atoms with E-state index in [1.807, 2.05) is 26.0 Å². The number of nitrogens with zero attached hydrogens (tertiary/aromatic N) is 2. The first-order valence-electron chi connectivity index (χ1n) is 7.93. The number of aromatic nitrogens is 1. The third-order valence-corrected chi connectivity index (χ3v) is 3.52. The lowest BCUT2D eigenvalue weighted by Crippen LogP contribution is -2.38. The molecule has 0 bridgehead atoms. The Morgan fingerprint density at radius 2 is 2.13 bits per heavy atom. The third-order valence-electron chi connectivity index (χ3n) is 3.52. The predicted octanol–water partition coefficient (Wildman–Crippen LogP) is 1.91. The molecule has 1 heterocycles. The highest BCUT2D eigenvalue weighted by Gasteiger charge is 2.20. The monoisotopic (exact) mass is 322 g/mol. The molecular formula is C17H26N2O4. The molecule has 128 valence electrons. The molecule has 6 nitrogen and oxygen atoms in total. The van der Waals surface area contributed by atoms with E-state index in [2.05, 4.69) is 4.98 Å². The van der Waals surface area contributed by atoms with Crippen LogP contribution in [0.3, 0.4) is 0 Å². The van der Waals surface area contributed by atoms with E-state index in [0.29, 0.717) is 26.2 Å². The summed E-state index contributed by atoms with van der Waals surface area (Å²) in [6.07, 6.45) is 2.61. The molecule has 1 aromatic heterocycles. The average molecular weight is 322 g/mol. The molecule has 1 N–H and O–H groups in total. The Labute approximate surface area is 137 Å². The molecule has 0 saturated carbocycles. The number of pyridine rings is 1. The third kappa shape index (κ3) is 7.23. The van der Waals surface area contributed by atoms with Gasteiger partial charge in [-0.2, -0.15) is 0 Å². The molecule has 1 rings (SSSR count). The zero-order chi connectivity index (χ0) is 17.2. The van der Waals surface area contributed by atoms with Gasteiger partial charge in [-0.05, 0) is 31.9 Å². The molecule has 0 aliphatic carbocycles. The number of carboxylic acid groups (broad SMARTS) is 1. The number of carboxylic acids is 1. The summed E-state index contributed by atoms with van der Waals surface area (Å²) in [5.74, 6) is -1.58. The van der Waals surface area contributed by atoms with Gasteiger partial charge < -0.3 is 14.7 Å². The maximum absolute atomic E-state index is 12.5. The van der Waals surface area contributed by atoms with E-state index in [9.17, 15) is 9.59 Å². The van der Waals surface area contributed by atoms with Crippen LogP contribution in [0, 0.1) is 12.8 Å². The molecule has 23 heavy (non-hydrogen) atoms. The summed E-state index contributed by atoms with van der Waals surface area (Å²) in [6.45, 7) is 7.32. The van der Waals surface area contributed by atoms with Crippen LogP contribution in [-0.2, 0) is 20.7 Å². The van der Waals surface area contributed by atoms with E-state index >= 15 is 0 Å². The number of hydrogen-bond donors (Lipinski definition) is 1. The van der Waals surface area contributed by atoms with Crippen molar-refractivity contribution in [3.05, 3.63) is 29.6 Å². The van der Waals surface area contributed by atoms with Crippen LogP contribution in [0.1, 0.15) is 31.5 Å². The fraction of sp³-hybridized carbons (Fsp3) is 0.588. The Morgan fingerprint density at radius 1 is 1.39 bits per heavy atom. The molecule has 1 aromatic rings. The van der Waals surface area contributed by atoms with Crippen LogP contribution in [0.4, 0.5) is 0 Å². The summed E-state index contributed by atoms with van der Waals surface area (Å²) in [5.41, 5.74) is 1.73. The summed E-state index contributed by atoms with van der Waals surface area (Å²) in [5, 5.41) is 9.07. The van der Waals surface area contributed by atoms with Crippen molar-refractivity contribution in [1.82, 2.24) is 9.88 Å². The number of amides is 1. The number of carbonyl (C=O) groups is 2. The molecule has 1 unspecified atom stereocenters. The number of ether oxygens (including phenoxy) is 1. The normalized spacial score (nSPS) is 12.0. The standard InChI is InChI=1S/C17H26N2O4/c1-4-23-9-5-8-19(12-13(2)17(21)22)16(20)10-15-7-6-14(3)18-11-15/h6-7,11,13H,4-5,8-10,12H2,1-3H3,(H,21,22). The lowest BCUT2D eigenvalue weighted by Gasteiger charge is -2.24. The van der Waals surface area contributed by atoms with Gasteiger partial charge in [0.25, 0.3) is 0 Å². The van der Waals surface area contributed by atoms with E-state index in [-0.39, 0.29) is 18.9 Å². The van der Waals surface area contributed by atoms with Crippen LogP contribution in [0.15, 0.2) is 18.3 Å². The summed E-state index contributed by atoms with van der Waals surface area (Å²) in [7, 11) is 0. The van der Waals surface area contributed by atoms with Gasteiger partial charge in [0.2, 0.25) is 5.91 Å². The first kappa shape index (κ1) is 19.1. The molecular weight excluding hydrogens is 296 g/mol. The van der Waals surface area contributed by atoms with Gasteiger partial charge in [0, 0.05) is 38.2 Å². The van der Waals surface area contributed by atoms with Crippen LogP contribution in [0.25, 0.3) is 0 Å². The summed E-state index contributed by atoms with van der Waals surface area (Å²) in [6, 6.07) is 3.74. The Kier molecular flexibility index (Phi) is 8.26. The Morgan fingerprint density at radius 3 is 2.70 bits per heavy atom. The molecule has 0 aliphatic rings. The second kappa shape index (κ2) is 9.94. The van der Waals surface area contributed by atoms with Crippen LogP contribution in [0.5, 0.6) is 0 Å². The van der Waals surface area contributed by atoms with E-state index in [0.717, 1.165) is 11.3 Å². The highest BCUT2D eigenvalue weighted by Crippen LogP contribution is 2.07. The maximum atomic E-state index is 12.5. The van der Waals surface area contributed by atoms with Crippen LogP contribution >= 0.6 is 0 Å². The van der Waals surface area contributed by atoms with Crippen molar-refractivity contribution in [1.29, 1.82) is 0 Å². The van der Waals surface area contributed by atoms with Crippen molar-refractivity contribution in [2.24, 2.45) is 5.92 Å². The van der Waals surface area contributed by atoms with Gasteiger partial charge in [0.05, 0.1) is 12.3 Å². The van der Waals surface area contributed by atoms with Gasteiger partial charge in [0.1, 0.15) is 0 Å². The number of rotatable bonds is 10. The Hall–Kier alpha value is -1.95. The molecule has 0 aliphatic heterocycles. The predicted molar refractivity (Wildman–Crippen MR) is 87.2 cm³/mol. The highest BCUT2D eigenvalue weighted by atomic mass is 16.5. The lowest BCUT2D eigenvalue weighted by molar-refractivity contribution is -0.143. The summed E-state index contributed by atoms with van der Waals surface area (Å²) >= 11 is 0. The van der Waals surface area contributed by atoms with Crippen LogP contribution < -0.4 is 0 Å². The zero-order valence-corrected chi connectivity index (χ0v) is 14.1. The average Bonchev–Trinajstić information content (AvgIpc) is 2.52. The highest BCUT2D eigenvalue weighted by molar-refractivity contribution is 5.79. The maximum Gasteiger partial charge on any atom is 0.308 e. The number of aliphatic carboxylic acids is 1. The van der Waals surface area contributed by atoms with Crippen molar-refractivity contribution >= 4 is 11.9 Å². The molecule has 6 heteroatoms. The first-order valence-corrected chi connectivity index (χ1v) is 7.93. The zero-order valence-electron chi connectivity index (χ0n) is 14.1. The Balaban J connectivity index is 2.65. The van der Waals surface area contributed by atoms with E-state index in [1.54, 1.807) is 18.0 Å². The second-order valence-corrected chi connectivity index (χ2v) is 5.61. The van der Waals surface area contributed by atoms with Gasteiger partial charge in [0.15, 0.2) is 0 Å². The number of carbonyl (C=O) groups excluding carboxylic acids is 1. The number of aryl methyl sites for hydroxylation is 1. The molecule has 0 saturated heterocycles. The largest absolute Gasteiger partial charge is 0.481 e. The second-order valence-electron chi connectivity index (χ2n) is 5.61. The van der Waals surface area contributed by atoms with E-state index in [4.69, 9.17) is 9.84 Å². The minimum Gasteiger partial charge on any atom is -0.481 e. The van der Waals surface area contributed by atoms with Gasteiger partial charge >= 0.3 is 5.97 Å². The lowest BCUT2D eigenvalue weighted by atomic mass is 10.1. The van der Waals surface area contributed by atoms with Crippen molar-refractivity contribution < 1.29 is 19.4 Å². The Bertz CT molecular complexity index is 502. The number of hydrogen-bond acceptors (Lipinski definition) is 4. The van der Waals surface area contributed by atoms with E-state index < -0.39 is 11.9 Å². The van der Waals surface area contributed by atoms with Crippen molar-refractivity contribution in [2.75, 3.05) is 26.3 Å². The van der Waals surface area contributed by atoms with Gasteiger partial charge in [-0.3, -0.25) is 14.6 Å². The van der Waals surface area contributed by atoms with Crippen LogP contribution in [0.2, 0.25) is 0 Å². The fourth-order valence-corrected chi connectivity index (χ4v) is 2.12. The molecule has 0 radical (unpaired) electrons. The van der Waals surface area contributed by atoms with Crippen molar-refractivity contribution in [3.8, 4) is 0 Å². The smallest absolute Gasteiger partial charge is 0.308 e. The molecule has 0 fully saturated rings. The topological polar surface area (TPSA) is 79.7 Å². The van der Waals surface area contributed by atoms with Crippen molar-refractivity contribution in [3.63, 3.8) is 0 Å². The fourth-order valence-electron chi connectivity index (χ4n) is 2.12. The van der Waals surface area contributed by atoms with Gasteiger partial charge in [-0.15, -0.1) is 0 Å². The minimum atomic E-state index is -0.899. The molecule has 1 atom stereocenters. The minimum absolute atomic E-state index is 0.0831. The molecule has 1 amide bonds. The quantitative estimate of drug-likeness (QED) is 0.666. The molecule has 0 aromatic carbocycles.